The van der Waals surface area contributed by atoms with Crippen molar-refractivity contribution >= 4 is 5.97 Å². The number of carboxylic acid groups (broad SMARTS) is 1. The van der Waals surface area contributed by atoms with Gasteiger partial charge in [-0.3, -0.25) is 0 Å². The molecular weight excluding hydrogens is 182 g/mol. The highest BCUT2D eigenvalue weighted by atomic mass is 16.4. The summed E-state index contributed by atoms with van der Waals surface area (Å²) < 4.78 is 1.72. The molecule has 0 radical (unpaired) electrons. The number of carbonyl (C=O) groups is 1. The molecule has 0 spiro atoms. The topological polar surface area (TPSA) is 68.0 Å². The minimum Gasteiger partial charge on any atom is -0.475 e. The van der Waals surface area contributed by atoms with Gasteiger partial charge < -0.3 is 9.67 Å². The molecule has 0 aliphatic heterocycles. The molecule has 0 atom stereocenters. The molecule has 0 aliphatic carbocycles. The van der Waals surface area contributed by atoms with Crippen LogP contribution < -0.4 is 0 Å². The van der Waals surface area contributed by atoms with E-state index in [1.165, 1.54) is 6.20 Å². The van der Waals surface area contributed by atoms with Gasteiger partial charge in [0.05, 0.1) is 0 Å². The third-order valence-corrected chi connectivity index (χ3v) is 1.70. The van der Waals surface area contributed by atoms with E-state index in [1.54, 1.807) is 23.0 Å². The van der Waals surface area contributed by atoms with E-state index < -0.39 is 5.97 Å². The first-order valence-corrected chi connectivity index (χ1v) is 3.97. The van der Waals surface area contributed by atoms with E-state index in [1.807, 2.05) is 12.1 Å². The van der Waals surface area contributed by atoms with Crippen LogP contribution in [-0.2, 0) is 0 Å². The highest BCUT2D eigenvalue weighted by Crippen LogP contribution is 2.03. The summed E-state index contributed by atoms with van der Waals surface area (Å²) in [4.78, 5) is 18.1. The maximum atomic E-state index is 10.6. The predicted octanol–water partition coefficient (Wildman–Crippen LogP) is 0.965. The first-order valence-electron chi connectivity index (χ1n) is 3.97. The van der Waals surface area contributed by atoms with Crippen LogP contribution in [0.25, 0.3) is 5.82 Å². The van der Waals surface area contributed by atoms with Crippen molar-refractivity contribution in [3.8, 4) is 5.82 Å². The third-order valence-electron chi connectivity index (χ3n) is 1.70. The molecule has 0 aromatic carbocycles. The predicted molar refractivity (Wildman–Crippen MR) is 48.3 cm³/mol. The van der Waals surface area contributed by atoms with Gasteiger partial charge >= 0.3 is 5.97 Å². The summed E-state index contributed by atoms with van der Waals surface area (Å²) in [6.07, 6.45) is 4.99. The van der Waals surface area contributed by atoms with Crippen molar-refractivity contribution in [2.24, 2.45) is 0 Å². The van der Waals surface area contributed by atoms with Gasteiger partial charge in [-0.05, 0) is 18.2 Å². The van der Waals surface area contributed by atoms with Crippen molar-refractivity contribution in [1.82, 2.24) is 14.5 Å². The molecule has 2 aromatic rings. The minimum absolute atomic E-state index is 0.198. The zero-order valence-corrected chi connectivity index (χ0v) is 7.16. The summed E-state index contributed by atoms with van der Waals surface area (Å²) in [5.74, 6) is -0.780. The molecule has 0 saturated carbocycles. The van der Waals surface area contributed by atoms with Gasteiger partial charge in [0, 0.05) is 18.6 Å². The Hall–Kier alpha value is -2.17. The van der Waals surface area contributed by atoms with Crippen LogP contribution in [0.15, 0.2) is 36.8 Å². The van der Waals surface area contributed by atoms with E-state index in [-0.39, 0.29) is 5.82 Å². The molecule has 5 nitrogen and oxygen atoms in total. The van der Waals surface area contributed by atoms with Crippen LogP contribution in [0.3, 0.4) is 0 Å². The lowest BCUT2D eigenvalue weighted by Crippen LogP contribution is -2.06. The maximum absolute atomic E-state index is 10.6. The third kappa shape index (κ3) is 1.47. The fourth-order valence-corrected chi connectivity index (χ4v) is 1.08. The second kappa shape index (κ2) is 3.29. The van der Waals surface area contributed by atoms with Crippen molar-refractivity contribution in [2.45, 2.75) is 0 Å². The lowest BCUT2D eigenvalue weighted by atomic mass is 10.5. The Labute approximate surface area is 79.7 Å². The van der Waals surface area contributed by atoms with Crippen LogP contribution in [0.5, 0.6) is 0 Å². The second-order valence-electron chi connectivity index (χ2n) is 2.63. The molecule has 2 heterocycles. The zero-order chi connectivity index (χ0) is 9.97. The van der Waals surface area contributed by atoms with Crippen LogP contribution in [-0.4, -0.2) is 25.6 Å². The Morgan fingerprint density at radius 2 is 2.07 bits per heavy atom. The molecule has 0 bridgehead atoms. The molecule has 2 aromatic heterocycles. The number of rotatable bonds is 2. The van der Waals surface area contributed by atoms with Crippen molar-refractivity contribution < 1.29 is 9.90 Å². The maximum Gasteiger partial charge on any atom is 0.374 e. The first-order chi connectivity index (χ1) is 6.77. The molecule has 70 valence electrons. The van der Waals surface area contributed by atoms with Crippen LogP contribution in [0, 0.1) is 0 Å². The van der Waals surface area contributed by atoms with E-state index in [9.17, 15) is 4.79 Å². The summed E-state index contributed by atoms with van der Waals surface area (Å²) in [7, 11) is 0. The van der Waals surface area contributed by atoms with Gasteiger partial charge in [0.2, 0.25) is 5.82 Å². The van der Waals surface area contributed by atoms with Crippen molar-refractivity contribution in [3.05, 3.63) is 42.6 Å². The Bertz CT molecular complexity index is 451. The van der Waals surface area contributed by atoms with Crippen LogP contribution in [0.1, 0.15) is 10.6 Å². The van der Waals surface area contributed by atoms with Crippen LogP contribution >= 0.6 is 0 Å². The van der Waals surface area contributed by atoms with Crippen LogP contribution in [0.2, 0.25) is 0 Å². The number of aromatic carboxylic acids is 1. The van der Waals surface area contributed by atoms with Crippen LogP contribution in [0.4, 0.5) is 0 Å². The lowest BCUT2D eigenvalue weighted by molar-refractivity contribution is 0.0683. The summed E-state index contributed by atoms with van der Waals surface area (Å²) >= 11 is 0. The van der Waals surface area contributed by atoms with E-state index in [0.717, 1.165) is 0 Å². The van der Waals surface area contributed by atoms with Crippen molar-refractivity contribution in [2.75, 3.05) is 0 Å². The standard InChI is InChI=1S/C9H7N3O2/c13-9(14)8-10-4-3-7(11-8)12-5-1-2-6-12/h1-6H,(H,13,14). The van der Waals surface area contributed by atoms with Crippen molar-refractivity contribution in [3.63, 3.8) is 0 Å². The molecule has 0 aliphatic rings. The van der Waals surface area contributed by atoms with Gasteiger partial charge in [-0.2, -0.15) is 0 Å². The van der Waals surface area contributed by atoms with E-state index in [4.69, 9.17) is 5.11 Å². The van der Waals surface area contributed by atoms with E-state index in [0.29, 0.717) is 5.82 Å². The van der Waals surface area contributed by atoms with Gasteiger partial charge in [0.15, 0.2) is 0 Å². The summed E-state index contributed by atoms with van der Waals surface area (Å²) in [6.45, 7) is 0. The molecular formula is C9H7N3O2. The number of carboxylic acids is 1. The average molecular weight is 189 g/mol. The summed E-state index contributed by atoms with van der Waals surface area (Å²) in [5, 5.41) is 8.67. The normalized spacial score (nSPS) is 10.0. The fraction of sp³-hybridized carbons (Fsp3) is 0. The molecule has 0 fully saturated rings. The SMILES string of the molecule is O=C(O)c1nccc(-n2cccc2)n1. The van der Waals surface area contributed by atoms with Gasteiger partial charge in [0.1, 0.15) is 5.82 Å². The van der Waals surface area contributed by atoms with E-state index in [2.05, 4.69) is 9.97 Å². The van der Waals surface area contributed by atoms with Gasteiger partial charge in [-0.25, -0.2) is 14.8 Å². The molecule has 14 heavy (non-hydrogen) atoms. The quantitative estimate of drug-likeness (QED) is 0.764. The molecule has 5 heteroatoms. The number of aromatic nitrogens is 3. The number of hydrogen-bond acceptors (Lipinski definition) is 3. The van der Waals surface area contributed by atoms with E-state index >= 15 is 0 Å². The Morgan fingerprint density at radius 1 is 1.36 bits per heavy atom. The van der Waals surface area contributed by atoms with Gasteiger partial charge in [0.25, 0.3) is 0 Å². The molecule has 1 N–H and O–H groups in total. The number of hydrogen-bond donors (Lipinski definition) is 1. The molecule has 0 saturated heterocycles. The van der Waals surface area contributed by atoms with Gasteiger partial charge in [-0.15, -0.1) is 0 Å². The monoisotopic (exact) mass is 189 g/mol. The number of nitrogens with zero attached hydrogens (tertiary/aromatic N) is 3. The first kappa shape index (κ1) is 8.43. The largest absolute Gasteiger partial charge is 0.475 e. The summed E-state index contributed by atoms with van der Waals surface area (Å²) in [6, 6.07) is 5.32. The Kier molecular flexibility index (Phi) is 1.98. The summed E-state index contributed by atoms with van der Waals surface area (Å²) in [5.41, 5.74) is 0. The highest BCUT2D eigenvalue weighted by molar-refractivity contribution is 5.83. The Balaban J connectivity index is 2.46. The van der Waals surface area contributed by atoms with Gasteiger partial charge in [-0.1, -0.05) is 0 Å². The second-order valence-corrected chi connectivity index (χ2v) is 2.63. The fourth-order valence-electron chi connectivity index (χ4n) is 1.08. The Morgan fingerprint density at radius 3 is 2.71 bits per heavy atom. The van der Waals surface area contributed by atoms with Crippen molar-refractivity contribution in [1.29, 1.82) is 0 Å². The highest BCUT2D eigenvalue weighted by Gasteiger charge is 2.06. The smallest absolute Gasteiger partial charge is 0.374 e. The lowest BCUT2D eigenvalue weighted by Gasteiger charge is -2.01. The minimum atomic E-state index is -1.13. The average Bonchev–Trinajstić information content (AvgIpc) is 2.71. The molecule has 0 unspecified atom stereocenters. The molecule has 2 rings (SSSR count). The zero-order valence-electron chi connectivity index (χ0n) is 7.16. The molecule has 0 amide bonds.